The first-order valence-electron chi connectivity index (χ1n) is 6.98. The largest absolute Gasteiger partial charge is 0.385 e. The third-order valence-corrected chi connectivity index (χ3v) is 3.63. The van der Waals surface area contributed by atoms with Crippen molar-refractivity contribution in [2.45, 2.75) is 20.0 Å². The molecule has 1 unspecified atom stereocenters. The molecular formula is C15H17N5O2. The fraction of sp³-hybridized carbons (Fsp3) is 0.267. The van der Waals surface area contributed by atoms with Crippen LogP contribution in [-0.2, 0) is 0 Å². The van der Waals surface area contributed by atoms with Gasteiger partial charge >= 0.3 is 0 Å². The molecule has 22 heavy (non-hydrogen) atoms. The van der Waals surface area contributed by atoms with Crippen LogP contribution >= 0.6 is 0 Å². The highest BCUT2D eigenvalue weighted by Crippen LogP contribution is 2.19. The fourth-order valence-corrected chi connectivity index (χ4v) is 2.31. The number of pyridine rings is 1. The molecule has 0 aliphatic rings. The van der Waals surface area contributed by atoms with Gasteiger partial charge in [0, 0.05) is 35.6 Å². The van der Waals surface area contributed by atoms with E-state index in [2.05, 4.69) is 20.4 Å². The first-order valence-corrected chi connectivity index (χ1v) is 6.98. The predicted molar refractivity (Wildman–Crippen MR) is 83.0 cm³/mol. The first kappa shape index (κ1) is 14.3. The Hall–Kier alpha value is -2.67. The van der Waals surface area contributed by atoms with Gasteiger partial charge in [-0.15, -0.1) is 0 Å². The molecule has 3 aromatic heterocycles. The normalized spacial score (nSPS) is 12.5. The van der Waals surface area contributed by atoms with E-state index in [0.717, 1.165) is 22.7 Å². The van der Waals surface area contributed by atoms with Gasteiger partial charge in [0.15, 0.2) is 5.65 Å². The summed E-state index contributed by atoms with van der Waals surface area (Å²) in [6.45, 7) is 4.13. The molecule has 114 valence electrons. The summed E-state index contributed by atoms with van der Waals surface area (Å²) in [7, 11) is 0. The Morgan fingerprint density at radius 3 is 2.95 bits per heavy atom. The monoisotopic (exact) mass is 299 g/mol. The smallest absolute Gasteiger partial charge is 0.248 e. The molecule has 0 bridgehead atoms. The lowest BCUT2D eigenvalue weighted by Gasteiger charge is -2.16. The van der Waals surface area contributed by atoms with Crippen LogP contribution in [0.3, 0.4) is 0 Å². The van der Waals surface area contributed by atoms with E-state index in [9.17, 15) is 9.90 Å². The van der Waals surface area contributed by atoms with Crippen molar-refractivity contribution in [1.29, 1.82) is 0 Å². The number of aliphatic hydroxyl groups is 1. The topological polar surface area (TPSA) is 95.3 Å². The minimum Gasteiger partial charge on any atom is -0.385 e. The minimum atomic E-state index is -0.826. The van der Waals surface area contributed by atoms with Crippen LogP contribution in [0.25, 0.3) is 5.65 Å². The van der Waals surface area contributed by atoms with Gasteiger partial charge in [-0.05, 0) is 19.9 Å². The number of anilines is 1. The molecule has 7 heteroatoms. The van der Waals surface area contributed by atoms with E-state index in [1.807, 2.05) is 19.9 Å². The summed E-state index contributed by atoms with van der Waals surface area (Å²) in [4.78, 5) is 18.4. The molecule has 3 rings (SSSR count). The van der Waals surface area contributed by atoms with Gasteiger partial charge < -0.3 is 15.4 Å². The van der Waals surface area contributed by atoms with Gasteiger partial charge in [0.25, 0.3) is 0 Å². The molecule has 0 fully saturated rings. The van der Waals surface area contributed by atoms with Crippen LogP contribution in [0.15, 0.2) is 35.3 Å². The maximum atomic E-state index is 11.3. The molecule has 0 aromatic carbocycles. The van der Waals surface area contributed by atoms with E-state index in [4.69, 9.17) is 0 Å². The number of rotatable bonds is 4. The van der Waals surface area contributed by atoms with E-state index < -0.39 is 6.10 Å². The predicted octanol–water partition coefficient (Wildman–Crippen LogP) is 1.18. The van der Waals surface area contributed by atoms with Gasteiger partial charge in [0.05, 0.1) is 6.20 Å². The van der Waals surface area contributed by atoms with Crippen LogP contribution in [0.4, 0.5) is 5.82 Å². The molecular weight excluding hydrogens is 282 g/mol. The molecule has 0 radical (unpaired) electrons. The zero-order valence-corrected chi connectivity index (χ0v) is 12.4. The number of nitrogens with one attached hydrogen (secondary N) is 2. The second-order valence-corrected chi connectivity index (χ2v) is 5.14. The van der Waals surface area contributed by atoms with Gasteiger partial charge in [-0.1, -0.05) is 6.07 Å². The summed E-state index contributed by atoms with van der Waals surface area (Å²) in [5.41, 5.74) is 2.85. The van der Waals surface area contributed by atoms with Gasteiger partial charge in [0.2, 0.25) is 5.56 Å². The number of H-pyrrole nitrogens is 1. The molecule has 3 heterocycles. The molecule has 7 nitrogen and oxygen atoms in total. The Morgan fingerprint density at radius 1 is 1.36 bits per heavy atom. The van der Waals surface area contributed by atoms with E-state index in [1.165, 1.54) is 6.07 Å². The number of aromatic amines is 1. The number of hydrogen-bond donors (Lipinski definition) is 3. The van der Waals surface area contributed by atoms with Crippen LogP contribution in [0.2, 0.25) is 0 Å². The number of aromatic nitrogens is 4. The maximum Gasteiger partial charge on any atom is 0.248 e. The number of nitrogens with zero attached hydrogens (tertiary/aromatic N) is 3. The Morgan fingerprint density at radius 2 is 2.18 bits per heavy atom. The average Bonchev–Trinajstić information content (AvgIpc) is 2.95. The summed E-state index contributed by atoms with van der Waals surface area (Å²) in [6, 6.07) is 6.53. The summed E-state index contributed by atoms with van der Waals surface area (Å²) in [5.74, 6) is 0.782. The van der Waals surface area contributed by atoms with Gasteiger partial charge in [0.1, 0.15) is 11.9 Å². The van der Waals surface area contributed by atoms with Gasteiger partial charge in [-0.3, -0.25) is 4.79 Å². The van der Waals surface area contributed by atoms with Crippen molar-refractivity contribution in [3.63, 3.8) is 0 Å². The molecule has 1 atom stereocenters. The second kappa shape index (κ2) is 5.61. The molecule has 0 saturated carbocycles. The van der Waals surface area contributed by atoms with Crippen molar-refractivity contribution >= 4 is 11.5 Å². The van der Waals surface area contributed by atoms with E-state index in [-0.39, 0.29) is 12.1 Å². The summed E-state index contributed by atoms with van der Waals surface area (Å²) < 4.78 is 1.70. The van der Waals surface area contributed by atoms with Crippen molar-refractivity contribution < 1.29 is 5.11 Å². The number of fused-ring (bicyclic) bond motifs is 1. The summed E-state index contributed by atoms with van der Waals surface area (Å²) in [6.07, 6.45) is 0.852. The highest BCUT2D eigenvalue weighted by atomic mass is 16.3. The van der Waals surface area contributed by atoms with Crippen molar-refractivity contribution in [1.82, 2.24) is 19.6 Å². The van der Waals surface area contributed by atoms with E-state index in [1.54, 1.807) is 22.8 Å². The van der Waals surface area contributed by atoms with Crippen LogP contribution < -0.4 is 10.9 Å². The standard InChI is InChI=1S/C15H17N5O2/c1-9-10(2)18-13-6-7-17-20(13)15(9)16-8-12(21)11-4-3-5-14(22)19-11/h3-7,12,16,21H,8H2,1-2H3,(H,19,22). The number of hydrogen-bond acceptors (Lipinski definition) is 5. The zero-order chi connectivity index (χ0) is 15.7. The van der Waals surface area contributed by atoms with Crippen LogP contribution in [0.1, 0.15) is 23.1 Å². The summed E-state index contributed by atoms with van der Waals surface area (Å²) >= 11 is 0. The summed E-state index contributed by atoms with van der Waals surface area (Å²) in [5, 5.41) is 17.6. The van der Waals surface area contributed by atoms with Crippen LogP contribution in [-0.4, -0.2) is 31.2 Å². The fourth-order valence-electron chi connectivity index (χ4n) is 2.31. The first-order chi connectivity index (χ1) is 10.6. The lowest BCUT2D eigenvalue weighted by atomic mass is 10.2. The number of aryl methyl sites for hydroxylation is 1. The van der Waals surface area contributed by atoms with E-state index >= 15 is 0 Å². The zero-order valence-electron chi connectivity index (χ0n) is 12.4. The molecule has 3 N–H and O–H groups in total. The van der Waals surface area contributed by atoms with Crippen molar-refractivity contribution in [2.24, 2.45) is 0 Å². The second-order valence-electron chi connectivity index (χ2n) is 5.14. The molecule has 0 saturated heterocycles. The Labute approximate surface area is 126 Å². The quantitative estimate of drug-likeness (QED) is 0.672. The Bertz CT molecular complexity index is 868. The number of aliphatic hydroxyl groups excluding tert-OH is 1. The molecule has 0 spiro atoms. The lowest BCUT2D eigenvalue weighted by molar-refractivity contribution is 0.186. The molecule has 0 amide bonds. The molecule has 0 aliphatic heterocycles. The third-order valence-electron chi connectivity index (χ3n) is 3.63. The SMILES string of the molecule is Cc1nc2ccnn2c(NCC(O)c2cccc(=O)[nH]2)c1C. The van der Waals surface area contributed by atoms with E-state index in [0.29, 0.717) is 5.69 Å². The minimum absolute atomic E-state index is 0.234. The maximum absolute atomic E-state index is 11.3. The van der Waals surface area contributed by atoms with Gasteiger partial charge in [-0.25, -0.2) is 4.98 Å². The Balaban J connectivity index is 1.86. The molecule has 3 aromatic rings. The van der Waals surface area contributed by atoms with Crippen LogP contribution in [0, 0.1) is 13.8 Å². The average molecular weight is 299 g/mol. The van der Waals surface area contributed by atoms with Crippen molar-refractivity contribution in [3.05, 3.63) is 57.8 Å². The Kier molecular flexibility index (Phi) is 3.64. The highest BCUT2D eigenvalue weighted by molar-refractivity contribution is 5.54. The third kappa shape index (κ3) is 2.58. The molecule has 0 aliphatic carbocycles. The lowest BCUT2D eigenvalue weighted by Crippen LogP contribution is -2.19. The van der Waals surface area contributed by atoms with Crippen molar-refractivity contribution in [2.75, 3.05) is 11.9 Å². The van der Waals surface area contributed by atoms with Crippen LogP contribution in [0.5, 0.6) is 0 Å². The highest BCUT2D eigenvalue weighted by Gasteiger charge is 2.13. The van der Waals surface area contributed by atoms with Gasteiger partial charge in [-0.2, -0.15) is 9.61 Å². The van der Waals surface area contributed by atoms with Crippen molar-refractivity contribution in [3.8, 4) is 0 Å².